The molecule has 0 saturated heterocycles. The van der Waals surface area contributed by atoms with Gasteiger partial charge in [-0.05, 0) is 34.9 Å². The molecule has 0 aliphatic rings. The highest BCUT2D eigenvalue weighted by atomic mass is 16.3. The number of phenolic OH excluding ortho intramolecular Hbond substituents is 1. The minimum atomic E-state index is 0.201. The number of aromatic hydroxyl groups is 1. The van der Waals surface area contributed by atoms with Crippen molar-refractivity contribution in [1.82, 2.24) is 0 Å². The summed E-state index contributed by atoms with van der Waals surface area (Å²) in [5, 5.41) is 12.2. The van der Waals surface area contributed by atoms with Crippen LogP contribution in [0.25, 0.3) is 0 Å². The monoisotopic (exact) mass is 165 g/mol. The lowest BCUT2D eigenvalue weighted by Crippen LogP contribution is -1.86. The summed E-state index contributed by atoms with van der Waals surface area (Å²) in [5.74, 6) is 0.420. The summed E-state index contributed by atoms with van der Waals surface area (Å²) >= 11 is 0. The lowest BCUT2D eigenvalue weighted by Gasteiger charge is -2.07. The van der Waals surface area contributed by atoms with Gasteiger partial charge in [0.2, 0.25) is 0 Å². The second-order valence-electron chi connectivity index (χ2n) is 2.99. The second-order valence-corrected chi connectivity index (χ2v) is 2.99. The molecule has 1 aromatic carbocycles. The molecule has 64 valence electrons. The van der Waals surface area contributed by atoms with Gasteiger partial charge in [0.25, 0.3) is 0 Å². The maximum atomic E-state index is 10.2. The molecular formula is C9H11NO2. The van der Waals surface area contributed by atoms with Gasteiger partial charge >= 0.3 is 0 Å². The normalized spacial score (nSPS) is 10.2. The van der Waals surface area contributed by atoms with Crippen molar-refractivity contribution in [2.24, 2.45) is 5.18 Å². The number of hydrogen-bond donors (Lipinski definition) is 1. The van der Waals surface area contributed by atoms with E-state index < -0.39 is 0 Å². The van der Waals surface area contributed by atoms with Crippen molar-refractivity contribution in [2.75, 3.05) is 0 Å². The van der Waals surface area contributed by atoms with Gasteiger partial charge in [0, 0.05) is 0 Å². The van der Waals surface area contributed by atoms with Gasteiger partial charge in [-0.3, -0.25) is 0 Å². The van der Waals surface area contributed by atoms with Crippen LogP contribution in [0.1, 0.15) is 25.3 Å². The molecule has 0 atom stereocenters. The molecule has 1 N–H and O–H groups in total. The zero-order chi connectivity index (χ0) is 9.14. The van der Waals surface area contributed by atoms with Gasteiger partial charge in [-0.2, -0.15) is 0 Å². The van der Waals surface area contributed by atoms with Crippen LogP contribution in [-0.4, -0.2) is 5.11 Å². The molecule has 0 aliphatic heterocycles. The van der Waals surface area contributed by atoms with Crippen LogP contribution in [0.5, 0.6) is 5.75 Å². The van der Waals surface area contributed by atoms with Crippen LogP contribution in [-0.2, 0) is 0 Å². The second kappa shape index (κ2) is 3.34. The SMILES string of the molecule is CC(C)c1cc(N=O)ccc1O. The van der Waals surface area contributed by atoms with Gasteiger partial charge in [-0.25, -0.2) is 0 Å². The molecule has 0 bridgehead atoms. The Bertz CT molecular complexity index is 295. The number of nitroso groups, excluding NO2 is 1. The van der Waals surface area contributed by atoms with E-state index in [-0.39, 0.29) is 11.7 Å². The molecule has 0 aromatic heterocycles. The molecule has 3 heteroatoms. The Morgan fingerprint density at radius 3 is 2.58 bits per heavy atom. The first-order chi connectivity index (χ1) is 5.65. The first kappa shape index (κ1) is 8.71. The van der Waals surface area contributed by atoms with Crippen molar-refractivity contribution >= 4 is 5.69 Å². The predicted octanol–water partition coefficient (Wildman–Crippen LogP) is 2.91. The number of hydrogen-bond acceptors (Lipinski definition) is 3. The van der Waals surface area contributed by atoms with Crippen LogP contribution in [0.4, 0.5) is 5.69 Å². The van der Waals surface area contributed by atoms with E-state index in [1.54, 1.807) is 6.07 Å². The third kappa shape index (κ3) is 1.61. The van der Waals surface area contributed by atoms with E-state index >= 15 is 0 Å². The van der Waals surface area contributed by atoms with E-state index in [9.17, 15) is 10.0 Å². The summed E-state index contributed by atoms with van der Waals surface area (Å²) in [6, 6.07) is 4.59. The molecule has 0 spiro atoms. The first-order valence-electron chi connectivity index (χ1n) is 3.81. The van der Waals surface area contributed by atoms with E-state index in [1.807, 2.05) is 13.8 Å². The van der Waals surface area contributed by atoms with Gasteiger partial charge in [0.15, 0.2) is 0 Å². The average molecular weight is 165 g/mol. The largest absolute Gasteiger partial charge is 0.508 e. The van der Waals surface area contributed by atoms with Crippen molar-refractivity contribution in [3.05, 3.63) is 28.7 Å². The smallest absolute Gasteiger partial charge is 0.119 e. The Labute approximate surface area is 71.0 Å². The minimum Gasteiger partial charge on any atom is -0.508 e. The van der Waals surface area contributed by atoms with Crippen molar-refractivity contribution in [3.8, 4) is 5.75 Å². The standard InChI is InChI=1S/C9H11NO2/c1-6(2)8-5-7(10-12)3-4-9(8)11/h3-6,11H,1-2H3. The number of rotatable bonds is 2. The molecule has 1 aromatic rings. The summed E-state index contributed by atoms with van der Waals surface area (Å²) in [7, 11) is 0. The van der Waals surface area contributed by atoms with Crippen LogP contribution in [0.3, 0.4) is 0 Å². The number of benzene rings is 1. The molecule has 1 rings (SSSR count). The fourth-order valence-corrected chi connectivity index (χ4v) is 1.06. The molecule has 0 fully saturated rings. The number of phenols is 1. The Hall–Kier alpha value is -1.38. The van der Waals surface area contributed by atoms with Crippen LogP contribution in [0.15, 0.2) is 23.4 Å². The quantitative estimate of drug-likeness (QED) is 0.685. The fraction of sp³-hybridized carbons (Fsp3) is 0.333. The molecule has 0 saturated carbocycles. The Morgan fingerprint density at radius 2 is 2.08 bits per heavy atom. The Morgan fingerprint density at radius 1 is 1.42 bits per heavy atom. The maximum Gasteiger partial charge on any atom is 0.119 e. The van der Waals surface area contributed by atoms with Gasteiger partial charge in [-0.1, -0.05) is 13.8 Å². The lowest BCUT2D eigenvalue weighted by atomic mass is 10.0. The zero-order valence-electron chi connectivity index (χ0n) is 7.11. The summed E-state index contributed by atoms with van der Waals surface area (Å²) in [5.41, 5.74) is 1.11. The van der Waals surface area contributed by atoms with E-state index in [4.69, 9.17) is 0 Å². The molecule has 12 heavy (non-hydrogen) atoms. The van der Waals surface area contributed by atoms with Gasteiger partial charge in [-0.15, -0.1) is 4.91 Å². The maximum absolute atomic E-state index is 10.2. The highest BCUT2D eigenvalue weighted by molar-refractivity contribution is 5.47. The molecule has 0 amide bonds. The fourth-order valence-electron chi connectivity index (χ4n) is 1.06. The van der Waals surface area contributed by atoms with Crippen LogP contribution >= 0.6 is 0 Å². The molecule has 3 nitrogen and oxygen atoms in total. The van der Waals surface area contributed by atoms with Crippen molar-refractivity contribution in [1.29, 1.82) is 0 Å². The Kier molecular flexibility index (Phi) is 2.43. The van der Waals surface area contributed by atoms with Crippen LogP contribution in [0, 0.1) is 4.91 Å². The third-order valence-electron chi connectivity index (χ3n) is 1.74. The molecular weight excluding hydrogens is 154 g/mol. The van der Waals surface area contributed by atoms with Gasteiger partial charge in [0.1, 0.15) is 11.4 Å². The minimum absolute atomic E-state index is 0.201. The predicted molar refractivity (Wildman–Crippen MR) is 47.7 cm³/mol. The van der Waals surface area contributed by atoms with Crippen molar-refractivity contribution in [2.45, 2.75) is 19.8 Å². The molecule has 0 unspecified atom stereocenters. The topological polar surface area (TPSA) is 49.7 Å². The van der Waals surface area contributed by atoms with Crippen LogP contribution in [0.2, 0.25) is 0 Å². The zero-order valence-corrected chi connectivity index (χ0v) is 7.11. The van der Waals surface area contributed by atoms with Gasteiger partial charge in [0.05, 0.1) is 0 Å². The third-order valence-corrected chi connectivity index (χ3v) is 1.74. The summed E-state index contributed by atoms with van der Waals surface area (Å²) in [4.78, 5) is 10.2. The lowest BCUT2D eigenvalue weighted by molar-refractivity contribution is 0.465. The first-order valence-corrected chi connectivity index (χ1v) is 3.81. The molecule has 0 aliphatic carbocycles. The number of nitrogens with zero attached hydrogens (tertiary/aromatic N) is 1. The van der Waals surface area contributed by atoms with E-state index in [1.165, 1.54) is 12.1 Å². The highest BCUT2D eigenvalue weighted by Gasteiger charge is 2.06. The summed E-state index contributed by atoms with van der Waals surface area (Å²) in [6.45, 7) is 3.90. The van der Waals surface area contributed by atoms with Crippen LogP contribution < -0.4 is 0 Å². The van der Waals surface area contributed by atoms with Gasteiger partial charge < -0.3 is 5.11 Å². The van der Waals surface area contributed by atoms with Crippen molar-refractivity contribution in [3.63, 3.8) is 0 Å². The average Bonchev–Trinajstić information content (AvgIpc) is 2.05. The summed E-state index contributed by atoms with van der Waals surface area (Å²) in [6.07, 6.45) is 0. The van der Waals surface area contributed by atoms with Crippen molar-refractivity contribution < 1.29 is 5.11 Å². The van der Waals surface area contributed by atoms with E-state index in [0.717, 1.165) is 5.56 Å². The Balaban J connectivity index is 3.16. The van der Waals surface area contributed by atoms with E-state index in [0.29, 0.717) is 5.69 Å². The summed E-state index contributed by atoms with van der Waals surface area (Å²) < 4.78 is 0. The van der Waals surface area contributed by atoms with E-state index in [2.05, 4.69) is 5.18 Å². The highest BCUT2D eigenvalue weighted by Crippen LogP contribution is 2.28. The molecule has 0 radical (unpaired) electrons. The molecule has 0 heterocycles.